The van der Waals surface area contributed by atoms with Gasteiger partial charge in [-0.25, -0.2) is 0 Å². The molecule has 0 aliphatic heterocycles. The molecule has 104 valence electrons. The number of nitrogens with one attached hydrogen (secondary N) is 2. The number of carbonyl (C=O) groups excluding carboxylic acids is 2. The predicted molar refractivity (Wildman–Crippen MR) is 71.5 cm³/mol. The summed E-state index contributed by atoms with van der Waals surface area (Å²) in [4.78, 5) is 27.2. The fourth-order valence-corrected chi connectivity index (χ4v) is 1.71. The van der Waals surface area contributed by atoms with E-state index in [1.54, 1.807) is 16.8 Å². The Kier molecular flexibility index (Phi) is 4.09. The van der Waals surface area contributed by atoms with Gasteiger partial charge in [-0.05, 0) is 32.0 Å². The Balaban J connectivity index is 1.87. The summed E-state index contributed by atoms with van der Waals surface area (Å²) in [6.07, 6.45) is 3.01. The summed E-state index contributed by atoms with van der Waals surface area (Å²) in [5, 5.41) is 4.17. The van der Waals surface area contributed by atoms with Crippen LogP contribution in [-0.2, 0) is 11.3 Å². The number of carbonyl (C=O) groups is 2. The van der Waals surface area contributed by atoms with Crippen LogP contribution in [0.5, 0.6) is 0 Å². The van der Waals surface area contributed by atoms with Gasteiger partial charge in [0, 0.05) is 23.7 Å². The van der Waals surface area contributed by atoms with Crippen LogP contribution in [0.2, 0.25) is 0 Å². The number of amides is 2. The fraction of sp³-hybridized carbons (Fsp3) is 0.231. The zero-order chi connectivity index (χ0) is 14.5. The van der Waals surface area contributed by atoms with Crippen molar-refractivity contribution >= 4 is 11.8 Å². The van der Waals surface area contributed by atoms with Crippen LogP contribution in [-0.4, -0.2) is 26.6 Å². The first-order valence-corrected chi connectivity index (χ1v) is 6.06. The van der Waals surface area contributed by atoms with E-state index in [4.69, 9.17) is 0 Å². The van der Waals surface area contributed by atoms with Crippen LogP contribution in [0, 0.1) is 13.8 Å². The molecule has 20 heavy (non-hydrogen) atoms. The standard InChI is InChI=1S/C13H15N5O2/c1-9-7-10(2)18(17-9)8-12(19)15-16-13(20)11-3-5-14-6-4-11/h3-7H,8H2,1-2H3,(H,15,19)(H,16,20). The molecule has 0 spiro atoms. The monoisotopic (exact) mass is 273 g/mol. The lowest BCUT2D eigenvalue weighted by atomic mass is 10.3. The number of hydrazine groups is 1. The highest BCUT2D eigenvalue weighted by atomic mass is 16.2. The van der Waals surface area contributed by atoms with Gasteiger partial charge in [0.2, 0.25) is 0 Å². The lowest BCUT2D eigenvalue weighted by Gasteiger charge is -2.08. The molecule has 0 aromatic carbocycles. The summed E-state index contributed by atoms with van der Waals surface area (Å²) >= 11 is 0. The van der Waals surface area contributed by atoms with Crippen LogP contribution in [0.15, 0.2) is 30.6 Å². The molecule has 2 rings (SSSR count). The van der Waals surface area contributed by atoms with Gasteiger partial charge in [-0.3, -0.25) is 30.1 Å². The fourth-order valence-electron chi connectivity index (χ4n) is 1.71. The maximum atomic E-state index is 11.7. The summed E-state index contributed by atoms with van der Waals surface area (Å²) < 4.78 is 1.57. The topological polar surface area (TPSA) is 88.9 Å². The molecule has 7 heteroatoms. The van der Waals surface area contributed by atoms with E-state index in [1.807, 2.05) is 19.9 Å². The SMILES string of the molecule is Cc1cc(C)n(CC(=O)NNC(=O)c2ccncc2)n1. The van der Waals surface area contributed by atoms with Gasteiger partial charge in [0.1, 0.15) is 6.54 Å². The lowest BCUT2D eigenvalue weighted by Crippen LogP contribution is -2.43. The van der Waals surface area contributed by atoms with Crippen LogP contribution in [0.1, 0.15) is 21.7 Å². The van der Waals surface area contributed by atoms with Crippen molar-refractivity contribution in [3.8, 4) is 0 Å². The molecule has 0 atom stereocenters. The summed E-state index contributed by atoms with van der Waals surface area (Å²) in [7, 11) is 0. The summed E-state index contributed by atoms with van der Waals surface area (Å²) in [5.41, 5.74) is 6.84. The van der Waals surface area contributed by atoms with Crippen LogP contribution in [0.25, 0.3) is 0 Å². The number of aromatic nitrogens is 3. The second-order valence-electron chi connectivity index (χ2n) is 4.32. The van der Waals surface area contributed by atoms with Gasteiger partial charge < -0.3 is 0 Å². The predicted octanol–water partition coefficient (Wildman–Crippen LogP) is 0.356. The van der Waals surface area contributed by atoms with Gasteiger partial charge >= 0.3 is 0 Å². The molecule has 2 N–H and O–H groups in total. The van der Waals surface area contributed by atoms with Crippen molar-refractivity contribution in [1.29, 1.82) is 0 Å². The molecule has 2 amide bonds. The number of pyridine rings is 1. The molecule has 0 fully saturated rings. The van der Waals surface area contributed by atoms with Gasteiger partial charge in [0.15, 0.2) is 0 Å². The third kappa shape index (κ3) is 3.41. The zero-order valence-electron chi connectivity index (χ0n) is 11.3. The lowest BCUT2D eigenvalue weighted by molar-refractivity contribution is -0.122. The number of hydrogen-bond donors (Lipinski definition) is 2. The smallest absolute Gasteiger partial charge is 0.269 e. The van der Waals surface area contributed by atoms with E-state index in [-0.39, 0.29) is 12.5 Å². The average Bonchev–Trinajstić information content (AvgIpc) is 2.75. The van der Waals surface area contributed by atoms with Crippen LogP contribution < -0.4 is 10.9 Å². The highest BCUT2D eigenvalue weighted by molar-refractivity contribution is 5.95. The Morgan fingerprint density at radius 2 is 1.90 bits per heavy atom. The zero-order valence-corrected chi connectivity index (χ0v) is 11.3. The largest absolute Gasteiger partial charge is 0.271 e. The molecule has 2 aromatic rings. The van der Waals surface area contributed by atoms with Gasteiger partial charge in [0.05, 0.1) is 5.69 Å². The molecular weight excluding hydrogens is 258 g/mol. The Morgan fingerprint density at radius 3 is 2.50 bits per heavy atom. The quantitative estimate of drug-likeness (QED) is 0.790. The molecule has 0 radical (unpaired) electrons. The number of aryl methyl sites for hydroxylation is 2. The van der Waals surface area contributed by atoms with Gasteiger partial charge in [-0.15, -0.1) is 0 Å². The van der Waals surface area contributed by atoms with Crippen LogP contribution >= 0.6 is 0 Å². The third-order valence-electron chi connectivity index (χ3n) is 2.65. The Hall–Kier alpha value is -2.70. The minimum atomic E-state index is -0.394. The van der Waals surface area contributed by atoms with E-state index < -0.39 is 5.91 Å². The van der Waals surface area contributed by atoms with Crippen LogP contribution in [0.4, 0.5) is 0 Å². The van der Waals surface area contributed by atoms with Crippen LogP contribution in [0.3, 0.4) is 0 Å². The second kappa shape index (κ2) is 5.96. The highest BCUT2D eigenvalue weighted by Gasteiger charge is 2.09. The van der Waals surface area contributed by atoms with E-state index in [2.05, 4.69) is 20.9 Å². The van der Waals surface area contributed by atoms with Crippen molar-refractivity contribution in [3.05, 3.63) is 47.5 Å². The maximum Gasteiger partial charge on any atom is 0.269 e. The summed E-state index contributed by atoms with van der Waals surface area (Å²) in [6, 6.07) is 4.99. The summed E-state index contributed by atoms with van der Waals surface area (Å²) in [5.74, 6) is -0.743. The number of nitrogens with zero attached hydrogens (tertiary/aromatic N) is 3. The normalized spacial score (nSPS) is 10.1. The number of rotatable bonds is 3. The number of hydrogen-bond acceptors (Lipinski definition) is 4. The van der Waals surface area contributed by atoms with E-state index in [0.29, 0.717) is 5.56 Å². The van der Waals surface area contributed by atoms with Crippen molar-refractivity contribution in [2.24, 2.45) is 0 Å². The van der Waals surface area contributed by atoms with Crippen molar-refractivity contribution < 1.29 is 9.59 Å². The van der Waals surface area contributed by atoms with E-state index in [0.717, 1.165) is 11.4 Å². The third-order valence-corrected chi connectivity index (χ3v) is 2.65. The molecule has 0 bridgehead atoms. The molecule has 2 heterocycles. The second-order valence-corrected chi connectivity index (χ2v) is 4.32. The molecule has 7 nitrogen and oxygen atoms in total. The Morgan fingerprint density at radius 1 is 1.20 bits per heavy atom. The molecule has 0 aliphatic rings. The van der Waals surface area contributed by atoms with Crippen molar-refractivity contribution in [1.82, 2.24) is 25.6 Å². The molecule has 2 aromatic heterocycles. The summed E-state index contributed by atoms with van der Waals surface area (Å²) in [6.45, 7) is 3.77. The Labute approximate surface area is 116 Å². The average molecular weight is 273 g/mol. The molecule has 0 saturated heterocycles. The van der Waals surface area contributed by atoms with Crippen molar-refractivity contribution in [2.45, 2.75) is 20.4 Å². The first-order chi connectivity index (χ1) is 9.56. The molecule has 0 unspecified atom stereocenters. The minimum Gasteiger partial charge on any atom is -0.271 e. The van der Waals surface area contributed by atoms with Gasteiger partial charge in [-0.2, -0.15) is 5.10 Å². The van der Waals surface area contributed by atoms with E-state index in [1.165, 1.54) is 12.4 Å². The van der Waals surface area contributed by atoms with E-state index >= 15 is 0 Å². The molecule has 0 aliphatic carbocycles. The Bertz CT molecular complexity index is 621. The van der Waals surface area contributed by atoms with Gasteiger partial charge in [0.25, 0.3) is 11.8 Å². The van der Waals surface area contributed by atoms with Gasteiger partial charge in [-0.1, -0.05) is 0 Å². The molecular formula is C13H15N5O2. The first kappa shape index (κ1) is 13.7. The molecule has 0 saturated carbocycles. The van der Waals surface area contributed by atoms with Crippen molar-refractivity contribution in [2.75, 3.05) is 0 Å². The maximum absolute atomic E-state index is 11.7. The first-order valence-electron chi connectivity index (χ1n) is 6.06. The van der Waals surface area contributed by atoms with E-state index in [9.17, 15) is 9.59 Å². The highest BCUT2D eigenvalue weighted by Crippen LogP contribution is 2.01. The van der Waals surface area contributed by atoms with Crippen molar-refractivity contribution in [3.63, 3.8) is 0 Å². The minimum absolute atomic E-state index is 0.0519.